The van der Waals surface area contributed by atoms with Crippen molar-refractivity contribution < 1.29 is 9.79 Å². The first-order chi connectivity index (χ1) is 4.61. The number of halogens is 2. The van der Waals surface area contributed by atoms with Crippen LogP contribution in [0.3, 0.4) is 0 Å². The molecule has 0 amide bonds. The van der Waals surface area contributed by atoms with E-state index in [1.165, 1.54) is 0 Å². The molecule has 0 fully saturated rings. The SMILES string of the molecule is Cl.Cl.OP(O)(=S)c1ccccc1. The summed E-state index contributed by atoms with van der Waals surface area (Å²) >= 11 is 4.47. The Morgan fingerprint density at radius 3 is 1.67 bits per heavy atom. The minimum atomic E-state index is -3.18. The van der Waals surface area contributed by atoms with Gasteiger partial charge in [-0.05, 0) is 23.9 Å². The molecule has 0 spiro atoms. The standard InChI is InChI=1S/C6H7O2PS.2ClH/c7-9(8,10)6-4-2-1-3-5-6;;/h1-5H,(H2,7,8,10);2*1H. The molecule has 70 valence electrons. The second-order valence-electron chi connectivity index (χ2n) is 1.88. The van der Waals surface area contributed by atoms with Crippen LogP contribution in [-0.2, 0) is 11.8 Å². The lowest BCUT2D eigenvalue weighted by Gasteiger charge is -2.05. The predicted molar refractivity (Wildman–Crippen MR) is 59.3 cm³/mol. The molecule has 0 aliphatic heterocycles. The third-order valence-electron chi connectivity index (χ3n) is 1.09. The van der Waals surface area contributed by atoms with Crippen LogP contribution in [0.15, 0.2) is 30.3 Å². The van der Waals surface area contributed by atoms with E-state index in [0.29, 0.717) is 5.30 Å². The van der Waals surface area contributed by atoms with Crippen LogP contribution >= 0.6 is 31.3 Å². The molecule has 0 atom stereocenters. The summed E-state index contributed by atoms with van der Waals surface area (Å²) in [4.78, 5) is 17.9. The first kappa shape index (κ1) is 14.9. The van der Waals surface area contributed by atoms with Gasteiger partial charge in [-0.1, -0.05) is 18.2 Å². The molecule has 0 aliphatic carbocycles. The number of benzene rings is 1. The van der Waals surface area contributed by atoms with Gasteiger partial charge in [-0.15, -0.1) is 24.8 Å². The highest BCUT2D eigenvalue weighted by atomic mass is 35.5. The fraction of sp³-hybridized carbons (Fsp3) is 0. The average molecular weight is 247 g/mol. The van der Waals surface area contributed by atoms with Crippen LogP contribution in [0, 0.1) is 0 Å². The van der Waals surface area contributed by atoms with Gasteiger partial charge in [-0.3, -0.25) is 0 Å². The summed E-state index contributed by atoms with van der Waals surface area (Å²) in [7, 11) is 0. The lowest BCUT2D eigenvalue weighted by Crippen LogP contribution is -2.00. The largest absolute Gasteiger partial charge is 0.342 e. The summed E-state index contributed by atoms with van der Waals surface area (Å²) in [6, 6.07) is 8.47. The van der Waals surface area contributed by atoms with Crippen molar-refractivity contribution in [2.75, 3.05) is 0 Å². The van der Waals surface area contributed by atoms with E-state index in [0.717, 1.165) is 0 Å². The maximum atomic E-state index is 8.97. The van der Waals surface area contributed by atoms with Crippen molar-refractivity contribution >= 4 is 48.4 Å². The Balaban J connectivity index is 0. The van der Waals surface area contributed by atoms with E-state index in [9.17, 15) is 0 Å². The Labute approximate surface area is 88.6 Å². The fourth-order valence-corrected chi connectivity index (χ4v) is 1.55. The van der Waals surface area contributed by atoms with Crippen LogP contribution in [0.1, 0.15) is 0 Å². The summed E-state index contributed by atoms with van der Waals surface area (Å²) in [5, 5.41) is 0.435. The van der Waals surface area contributed by atoms with Crippen molar-refractivity contribution in [2.45, 2.75) is 0 Å². The van der Waals surface area contributed by atoms with Crippen LogP contribution in [0.5, 0.6) is 0 Å². The van der Waals surface area contributed by atoms with Gasteiger partial charge in [0.2, 0.25) is 6.49 Å². The molecule has 0 unspecified atom stereocenters. The maximum absolute atomic E-state index is 8.97. The van der Waals surface area contributed by atoms with Crippen molar-refractivity contribution in [3.05, 3.63) is 30.3 Å². The molecule has 2 N–H and O–H groups in total. The minimum Gasteiger partial charge on any atom is -0.342 e. The van der Waals surface area contributed by atoms with Crippen LogP contribution < -0.4 is 5.30 Å². The molecule has 1 rings (SSSR count). The zero-order valence-electron chi connectivity index (χ0n) is 5.95. The van der Waals surface area contributed by atoms with Crippen molar-refractivity contribution in [1.82, 2.24) is 0 Å². The van der Waals surface area contributed by atoms with E-state index in [-0.39, 0.29) is 24.8 Å². The smallest absolute Gasteiger partial charge is 0.214 e. The van der Waals surface area contributed by atoms with E-state index >= 15 is 0 Å². The summed E-state index contributed by atoms with van der Waals surface area (Å²) in [6.07, 6.45) is 0. The van der Waals surface area contributed by atoms with E-state index < -0.39 is 6.49 Å². The summed E-state index contributed by atoms with van der Waals surface area (Å²) < 4.78 is 0. The molecule has 12 heavy (non-hydrogen) atoms. The lowest BCUT2D eigenvalue weighted by atomic mass is 10.4. The summed E-state index contributed by atoms with van der Waals surface area (Å²) in [5.74, 6) is 0. The van der Waals surface area contributed by atoms with E-state index in [4.69, 9.17) is 9.79 Å². The third-order valence-corrected chi connectivity index (χ3v) is 2.70. The molecule has 2 nitrogen and oxygen atoms in total. The average Bonchev–Trinajstić information content (AvgIpc) is 1.88. The second-order valence-corrected chi connectivity index (χ2v) is 5.01. The Kier molecular flexibility index (Phi) is 7.34. The monoisotopic (exact) mass is 246 g/mol. The Morgan fingerprint density at radius 1 is 1.00 bits per heavy atom. The highest BCUT2D eigenvalue weighted by Crippen LogP contribution is 2.32. The molecule has 0 saturated heterocycles. The molecule has 0 saturated carbocycles. The van der Waals surface area contributed by atoms with Gasteiger partial charge >= 0.3 is 0 Å². The van der Waals surface area contributed by atoms with Gasteiger partial charge in [0, 0.05) is 5.30 Å². The molecule has 6 heteroatoms. The van der Waals surface area contributed by atoms with Crippen LogP contribution in [0.4, 0.5) is 0 Å². The van der Waals surface area contributed by atoms with Crippen molar-refractivity contribution in [3.8, 4) is 0 Å². The first-order valence-electron chi connectivity index (χ1n) is 2.72. The van der Waals surface area contributed by atoms with Crippen molar-refractivity contribution in [3.63, 3.8) is 0 Å². The molecular weight excluding hydrogens is 238 g/mol. The second kappa shape index (κ2) is 5.92. The van der Waals surface area contributed by atoms with Gasteiger partial charge in [-0.2, -0.15) is 0 Å². The Hall–Kier alpha value is 0.370. The Morgan fingerprint density at radius 2 is 1.42 bits per heavy atom. The third kappa shape index (κ3) is 4.41. The van der Waals surface area contributed by atoms with Gasteiger partial charge in [0.05, 0.1) is 0 Å². The van der Waals surface area contributed by atoms with E-state index in [1.54, 1.807) is 30.3 Å². The molecule has 1 aromatic carbocycles. The summed E-state index contributed by atoms with van der Waals surface area (Å²) in [5.41, 5.74) is 0. The quantitative estimate of drug-likeness (QED) is 0.738. The highest BCUT2D eigenvalue weighted by Gasteiger charge is 2.08. The van der Waals surface area contributed by atoms with Gasteiger partial charge in [0.1, 0.15) is 0 Å². The summed E-state index contributed by atoms with van der Waals surface area (Å²) in [6.45, 7) is -3.18. The normalized spacial score (nSPS) is 9.50. The van der Waals surface area contributed by atoms with E-state index in [1.807, 2.05) is 0 Å². The molecule has 0 aromatic heterocycles. The molecule has 0 heterocycles. The minimum absolute atomic E-state index is 0. The Bertz CT molecular complexity index is 262. The van der Waals surface area contributed by atoms with Crippen LogP contribution in [0.25, 0.3) is 0 Å². The fourth-order valence-electron chi connectivity index (χ4n) is 0.622. The molecular formula is C6H9Cl2O2PS. The van der Waals surface area contributed by atoms with Crippen LogP contribution in [0.2, 0.25) is 0 Å². The van der Waals surface area contributed by atoms with Crippen molar-refractivity contribution in [2.24, 2.45) is 0 Å². The zero-order valence-corrected chi connectivity index (χ0v) is 9.30. The van der Waals surface area contributed by atoms with E-state index in [2.05, 4.69) is 11.8 Å². The maximum Gasteiger partial charge on any atom is 0.214 e. The highest BCUT2D eigenvalue weighted by molar-refractivity contribution is 8.12. The number of hydrogen-bond acceptors (Lipinski definition) is 1. The lowest BCUT2D eigenvalue weighted by molar-refractivity contribution is 0.493. The number of hydrogen-bond donors (Lipinski definition) is 2. The van der Waals surface area contributed by atoms with Crippen LogP contribution in [-0.4, -0.2) is 9.79 Å². The molecule has 0 radical (unpaired) electrons. The van der Waals surface area contributed by atoms with Gasteiger partial charge in [0.25, 0.3) is 0 Å². The first-order valence-corrected chi connectivity index (χ1v) is 5.42. The van der Waals surface area contributed by atoms with Gasteiger partial charge < -0.3 is 9.79 Å². The molecule has 1 aromatic rings. The predicted octanol–water partition coefficient (Wildman–Crippen LogP) is 1.45. The molecule has 0 bridgehead atoms. The molecule has 0 aliphatic rings. The topological polar surface area (TPSA) is 40.5 Å². The van der Waals surface area contributed by atoms with Crippen molar-refractivity contribution in [1.29, 1.82) is 0 Å². The number of rotatable bonds is 1. The zero-order chi connectivity index (χ0) is 7.61. The van der Waals surface area contributed by atoms with Gasteiger partial charge in [0.15, 0.2) is 0 Å². The van der Waals surface area contributed by atoms with Gasteiger partial charge in [-0.25, -0.2) is 0 Å².